The van der Waals surface area contributed by atoms with Gasteiger partial charge in [0, 0.05) is 29.4 Å². The standard InChI is InChI=1S/C25H25N3O4S/c1-27(2)13-14-28(17-18-7-5-15-31-18)25(30)24-23(20-9-3-4-10-21(20)32-24)26-22(29)12-11-19-8-6-16-33-19/h3-12,15-16H,13-14,17H2,1-2H3,(H,26,29)/b12-11+. The fourth-order valence-electron chi connectivity index (χ4n) is 3.34. The van der Waals surface area contributed by atoms with E-state index in [1.807, 2.05) is 60.8 Å². The van der Waals surface area contributed by atoms with Gasteiger partial charge >= 0.3 is 0 Å². The number of para-hydroxylation sites is 1. The van der Waals surface area contributed by atoms with Crippen molar-refractivity contribution in [3.05, 3.63) is 82.6 Å². The Morgan fingerprint density at radius 3 is 2.64 bits per heavy atom. The average Bonchev–Trinajstić information content (AvgIpc) is 3.56. The van der Waals surface area contributed by atoms with Gasteiger partial charge in [-0.25, -0.2) is 0 Å². The van der Waals surface area contributed by atoms with E-state index in [9.17, 15) is 9.59 Å². The van der Waals surface area contributed by atoms with Gasteiger partial charge < -0.3 is 24.0 Å². The van der Waals surface area contributed by atoms with E-state index >= 15 is 0 Å². The highest BCUT2D eigenvalue weighted by molar-refractivity contribution is 7.10. The highest BCUT2D eigenvalue weighted by Crippen LogP contribution is 2.32. The molecule has 0 saturated heterocycles. The van der Waals surface area contributed by atoms with Crippen LogP contribution in [0.15, 0.2) is 75.1 Å². The smallest absolute Gasteiger partial charge is 0.292 e. The number of furan rings is 2. The molecule has 0 aliphatic heterocycles. The van der Waals surface area contributed by atoms with E-state index < -0.39 is 0 Å². The molecule has 0 unspecified atom stereocenters. The number of amides is 2. The maximum absolute atomic E-state index is 13.6. The second kappa shape index (κ2) is 10.3. The molecule has 0 aliphatic carbocycles. The van der Waals surface area contributed by atoms with Crippen molar-refractivity contribution in [3.8, 4) is 0 Å². The van der Waals surface area contributed by atoms with Crippen LogP contribution < -0.4 is 5.32 Å². The van der Waals surface area contributed by atoms with E-state index in [-0.39, 0.29) is 17.6 Å². The third-order valence-corrected chi connectivity index (χ3v) is 5.85. The van der Waals surface area contributed by atoms with Gasteiger partial charge in [0.15, 0.2) is 0 Å². The van der Waals surface area contributed by atoms with Gasteiger partial charge in [0.25, 0.3) is 5.91 Å². The number of rotatable bonds is 9. The topological polar surface area (TPSA) is 78.9 Å². The quantitative estimate of drug-likeness (QED) is 0.356. The molecule has 0 atom stereocenters. The molecular weight excluding hydrogens is 438 g/mol. The van der Waals surface area contributed by atoms with Crippen molar-refractivity contribution < 1.29 is 18.4 Å². The number of nitrogens with zero attached hydrogens (tertiary/aromatic N) is 2. The summed E-state index contributed by atoms with van der Waals surface area (Å²) < 4.78 is 11.4. The summed E-state index contributed by atoms with van der Waals surface area (Å²) in [6.45, 7) is 1.43. The Morgan fingerprint density at radius 2 is 1.91 bits per heavy atom. The van der Waals surface area contributed by atoms with Crippen LogP contribution in [0.1, 0.15) is 21.2 Å². The van der Waals surface area contributed by atoms with Crippen molar-refractivity contribution in [2.75, 3.05) is 32.5 Å². The van der Waals surface area contributed by atoms with Gasteiger partial charge in [0.2, 0.25) is 11.7 Å². The molecule has 0 saturated carbocycles. The lowest BCUT2D eigenvalue weighted by molar-refractivity contribution is -0.111. The highest BCUT2D eigenvalue weighted by Gasteiger charge is 2.27. The summed E-state index contributed by atoms with van der Waals surface area (Å²) in [5, 5.41) is 5.47. The lowest BCUT2D eigenvalue weighted by Crippen LogP contribution is -2.36. The van der Waals surface area contributed by atoms with Gasteiger partial charge in [-0.05, 0) is 55.9 Å². The van der Waals surface area contributed by atoms with Crippen LogP contribution in [0.5, 0.6) is 0 Å². The van der Waals surface area contributed by atoms with Crippen molar-refractivity contribution >= 4 is 45.9 Å². The predicted molar refractivity (Wildman–Crippen MR) is 130 cm³/mol. The third-order valence-electron chi connectivity index (χ3n) is 5.01. The third kappa shape index (κ3) is 5.60. The SMILES string of the molecule is CN(C)CCN(Cc1ccco1)C(=O)c1oc2ccccc2c1NC(=O)/C=C/c1cccs1. The number of carbonyl (C=O) groups excluding carboxylic acids is 2. The summed E-state index contributed by atoms with van der Waals surface area (Å²) in [4.78, 5) is 30.9. The monoisotopic (exact) mass is 463 g/mol. The summed E-state index contributed by atoms with van der Waals surface area (Å²) in [6.07, 6.45) is 4.77. The minimum atomic E-state index is -0.338. The molecule has 0 bridgehead atoms. The number of hydrogen-bond donors (Lipinski definition) is 1. The number of thiophene rings is 1. The summed E-state index contributed by atoms with van der Waals surface area (Å²) in [5.41, 5.74) is 0.898. The van der Waals surface area contributed by atoms with E-state index in [4.69, 9.17) is 8.83 Å². The molecule has 1 N–H and O–H groups in total. The van der Waals surface area contributed by atoms with Gasteiger partial charge in [-0.2, -0.15) is 0 Å². The molecule has 8 heteroatoms. The number of carbonyl (C=O) groups is 2. The fourth-order valence-corrected chi connectivity index (χ4v) is 3.95. The van der Waals surface area contributed by atoms with E-state index in [0.717, 1.165) is 4.88 Å². The van der Waals surface area contributed by atoms with Gasteiger partial charge in [-0.1, -0.05) is 18.2 Å². The lowest BCUT2D eigenvalue weighted by Gasteiger charge is -2.23. The van der Waals surface area contributed by atoms with Crippen molar-refractivity contribution in [2.45, 2.75) is 6.54 Å². The van der Waals surface area contributed by atoms with Crippen LogP contribution in [0.2, 0.25) is 0 Å². The Morgan fingerprint density at radius 1 is 1.06 bits per heavy atom. The molecule has 0 radical (unpaired) electrons. The molecule has 2 amide bonds. The van der Waals surface area contributed by atoms with Crippen LogP contribution in [-0.4, -0.2) is 48.8 Å². The van der Waals surface area contributed by atoms with Crippen molar-refractivity contribution in [2.24, 2.45) is 0 Å². The molecule has 0 aliphatic rings. The number of benzene rings is 1. The fraction of sp³-hybridized carbons (Fsp3) is 0.200. The van der Waals surface area contributed by atoms with Crippen molar-refractivity contribution in [3.63, 3.8) is 0 Å². The summed E-state index contributed by atoms with van der Waals surface area (Å²) in [7, 11) is 3.89. The Bertz CT molecular complexity index is 1240. The zero-order valence-electron chi connectivity index (χ0n) is 18.5. The van der Waals surface area contributed by atoms with Crippen molar-refractivity contribution in [1.29, 1.82) is 0 Å². The largest absolute Gasteiger partial charge is 0.467 e. The average molecular weight is 464 g/mol. The number of nitrogens with one attached hydrogen (secondary N) is 1. The maximum atomic E-state index is 13.6. The molecule has 4 rings (SSSR count). The van der Waals surface area contributed by atoms with Crippen LogP contribution in [0, 0.1) is 0 Å². The zero-order valence-corrected chi connectivity index (χ0v) is 19.3. The molecule has 0 spiro atoms. The Labute approximate surface area is 195 Å². The van der Waals surface area contributed by atoms with Crippen LogP contribution in [0.3, 0.4) is 0 Å². The highest BCUT2D eigenvalue weighted by atomic mass is 32.1. The summed E-state index contributed by atoms with van der Waals surface area (Å²) in [5.74, 6) is 0.110. The molecular formula is C25H25N3O4S. The first-order valence-electron chi connectivity index (χ1n) is 10.5. The van der Waals surface area contributed by atoms with E-state index in [1.165, 1.54) is 17.4 Å². The molecule has 7 nitrogen and oxygen atoms in total. The van der Waals surface area contributed by atoms with Gasteiger partial charge in [-0.15, -0.1) is 11.3 Å². The van der Waals surface area contributed by atoms with Crippen LogP contribution in [0.25, 0.3) is 17.0 Å². The molecule has 4 aromatic rings. The molecule has 3 aromatic heterocycles. The van der Waals surface area contributed by atoms with Crippen LogP contribution >= 0.6 is 11.3 Å². The second-order valence-corrected chi connectivity index (χ2v) is 8.73. The summed E-state index contributed by atoms with van der Waals surface area (Å²) in [6, 6.07) is 14.7. The number of hydrogen-bond acceptors (Lipinski definition) is 6. The van der Waals surface area contributed by atoms with E-state index in [0.29, 0.717) is 42.1 Å². The van der Waals surface area contributed by atoms with Crippen molar-refractivity contribution in [1.82, 2.24) is 9.80 Å². The molecule has 1 aromatic carbocycles. The van der Waals surface area contributed by atoms with Gasteiger partial charge in [-0.3, -0.25) is 9.59 Å². The van der Waals surface area contributed by atoms with Crippen LogP contribution in [0.4, 0.5) is 5.69 Å². The molecule has 0 fully saturated rings. The zero-order chi connectivity index (χ0) is 23.2. The maximum Gasteiger partial charge on any atom is 0.292 e. The first-order chi connectivity index (χ1) is 16.0. The number of anilines is 1. The van der Waals surface area contributed by atoms with Crippen LogP contribution in [-0.2, 0) is 11.3 Å². The number of fused-ring (bicyclic) bond motifs is 1. The van der Waals surface area contributed by atoms with E-state index in [1.54, 1.807) is 29.4 Å². The first-order valence-corrected chi connectivity index (χ1v) is 11.4. The Kier molecular flexibility index (Phi) is 7.07. The van der Waals surface area contributed by atoms with Gasteiger partial charge in [0.1, 0.15) is 17.0 Å². The Balaban J connectivity index is 1.64. The first kappa shape index (κ1) is 22.6. The molecule has 33 heavy (non-hydrogen) atoms. The number of likely N-dealkylation sites (N-methyl/N-ethyl adjacent to an activating group) is 1. The van der Waals surface area contributed by atoms with Gasteiger partial charge in [0.05, 0.1) is 12.8 Å². The Hall–Kier alpha value is -3.62. The predicted octanol–water partition coefficient (Wildman–Crippen LogP) is 4.94. The minimum absolute atomic E-state index is 0.0967. The summed E-state index contributed by atoms with van der Waals surface area (Å²) >= 11 is 1.54. The minimum Gasteiger partial charge on any atom is -0.467 e. The molecule has 170 valence electrons. The normalized spacial score (nSPS) is 11.5. The van der Waals surface area contributed by atoms with E-state index in [2.05, 4.69) is 5.32 Å². The lowest BCUT2D eigenvalue weighted by atomic mass is 10.2. The molecule has 3 heterocycles. The second-order valence-electron chi connectivity index (χ2n) is 7.75.